The molecule has 0 aliphatic rings. The minimum atomic E-state index is -0.573. The lowest BCUT2D eigenvalue weighted by Crippen LogP contribution is -2.15. The van der Waals surface area contributed by atoms with E-state index in [0.29, 0.717) is 5.69 Å². The molecule has 0 radical (unpaired) electrons. The number of hydrogen-bond donors (Lipinski definition) is 1. The normalized spacial score (nSPS) is 10.2. The molecule has 1 aromatic heterocycles. The van der Waals surface area contributed by atoms with Crippen LogP contribution >= 0.6 is 0 Å². The Hall–Kier alpha value is -2.63. The number of rotatable bonds is 4. The van der Waals surface area contributed by atoms with Crippen LogP contribution < -0.4 is 10.6 Å². The van der Waals surface area contributed by atoms with E-state index in [1.807, 2.05) is 0 Å². The van der Waals surface area contributed by atoms with E-state index in [4.69, 9.17) is 10.5 Å². The fourth-order valence-corrected chi connectivity index (χ4v) is 1.91. The van der Waals surface area contributed by atoms with Gasteiger partial charge in [0.1, 0.15) is 5.82 Å². The number of anilines is 3. The highest BCUT2D eigenvalue weighted by atomic mass is 19.1. The van der Waals surface area contributed by atoms with E-state index in [9.17, 15) is 9.18 Å². The number of pyridine rings is 1. The molecule has 0 bridgehead atoms. The lowest BCUT2D eigenvalue weighted by molar-refractivity contribution is 0.0527. The highest BCUT2D eigenvalue weighted by molar-refractivity contribution is 5.96. The molecule has 2 rings (SSSR count). The quantitative estimate of drug-likeness (QED) is 0.692. The van der Waals surface area contributed by atoms with E-state index >= 15 is 0 Å². The molecule has 0 atom stereocenters. The van der Waals surface area contributed by atoms with Gasteiger partial charge in [-0.25, -0.2) is 9.18 Å². The third-order valence-electron chi connectivity index (χ3n) is 3.01. The van der Waals surface area contributed by atoms with Gasteiger partial charge in [0.15, 0.2) is 0 Å². The number of carbonyl (C=O) groups excluding carboxylic acids is 1. The molecule has 0 aliphatic heterocycles. The average Bonchev–Trinajstić information content (AvgIpc) is 2.48. The zero-order chi connectivity index (χ0) is 15.4. The second-order valence-corrected chi connectivity index (χ2v) is 4.38. The first-order valence-corrected chi connectivity index (χ1v) is 6.44. The molecule has 5 nitrogen and oxygen atoms in total. The van der Waals surface area contributed by atoms with Crippen LogP contribution in [0.15, 0.2) is 36.7 Å². The molecule has 0 aliphatic carbocycles. The van der Waals surface area contributed by atoms with Gasteiger partial charge in [-0.15, -0.1) is 0 Å². The fourth-order valence-electron chi connectivity index (χ4n) is 1.91. The molecule has 1 aromatic carbocycles. The van der Waals surface area contributed by atoms with Crippen molar-refractivity contribution in [3.05, 3.63) is 48.0 Å². The maximum Gasteiger partial charge on any atom is 0.340 e. The Bertz CT molecular complexity index is 647. The number of hydrogen-bond acceptors (Lipinski definition) is 5. The molecule has 0 saturated heterocycles. The molecule has 21 heavy (non-hydrogen) atoms. The van der Waals surface area contributed by atoms with Crippen molar-refractivity contribution in [1.29, 1.82) is 0 Å². The van der Waals surface area contributed by atoms with Crippen LogP contribution in [-0.2, 0) is 4.74 Å². The molecule has 0 spiro atoms. The summed E-state index contributed by atoms with van der Waals surface area (Å²) >= 11 is 0. The lowest BCUT2D eigenvalue weighted by Gasteiger charge is -2.21. The van der Waals surface area contributed by atoms with Crippen LogP contribution in [0.5, 0.6) is 0 Å². The van der Waals surface area contributed by atoms with E-state index in [0.717, 1.165) is 6.07 Å². The predicted molar refractivity (Wildman–Crippen MR) is 79.1 cm³/mol. The molecular weight excluding hydrogens is 273 g/mol. The summed E-state index contributed by atoms with van der Waals surface area (Å²) in [6.07, 6.45) is 3.22. The van der Waals surface area contributed by atoms with E-state index in [1.54, 1.807) is 43.4 Å². The molecule has 0 saturated carbocycles. The maximum absolute atomic E-state index is 14.1. The Kier molecular flexibility index (Phi) is 4.37. The van der Waals surface area contributed by atoms with Crippen LogP contribution in [0, 0.1) is 5.82 Å². The SMILES string of the molecule is CCOC(=O)c1cc(N(C)c2cccnc2)c(F)cc1N. The van der Waals surface area contributed by atoms with Gasteiger partial charge in [0.05, 0.1) is 29.7 Å². The summed E-state index contributed by atoms with van der Waals surface area (Å²) < 4.78 is 19.0. The summed E-state index contributed by atoms with van der Waals surface area (Å²) in [6, 6.07) is 6.03. The minimum Gasteiger partial charge on any atom is -0.462 e. The van der Waals surface area contributed by atoms with Crippen molar-refractivity contribution < 1.29 is 13.9 Å². The smallest absolute Gasteiger partial charge is 0.340 e. The van der Waals surface area contributed by atoms with Crippen molar-refractivity contribution in [2.75, 3.05) is 24.3 Å². The van der Waals surface area contributed by atoms with Crippen LogP contribution in [0.1, 0.15) is 17.3 Å². The Morgan fingerprint density at radius 2 is 2.24 bits per heavy atom. The van der Waals surface area contributed by atoms with Crippen LogP contribution in [0.25, 0.3) is 0 Å². The summed E-state index contributed by atoms with van der Waals surface area (Å²) in [6.45, 7) is 1.92. The third-order valence-corrected chi connectivity index (χ3v) is 3.01. The topological polar surface area (TPSA) is 68.5 Å². The first-order chi connectivity index (χ1) is 10.0. The zero-order valence-corrected chi connectivity index (χ0v) is 11.8. The number of esters is 1. The van der Waals surface area contributed by atoms with Crippen LogP contribution in [-0.4, -0.2) is 24.6 Å². The summed E-state index contributed by atoms with van der Waals surface area (Å²) in [5.74, 6) is -1.09. The Labute approximate surface area is 122 Å². The van der Waals surface area contributed by atoms with E-state index in [2.05, 4.69) is 4.98 Å². The van der Waals surface area contributed by atoms with Gasteiger partial charge in [0.2, 0.25) is 0 Å². The molecule has 110 valence electrons. The summed E-state index contributed by atoms with van der Waals surface area (Å²) in [5, 5.41) is 0. The van der Waals surface area contributed by atoms with Gasteiger partial charge in [-0.3, -0.25) is 4.98 Å². The number of nitrogens with two attached hydrogens (primary N) is 1. The van der Waals surface area contributed by atoms with Gasteiger partial charge in [0.25, 0.3) is 0 Å². The Morgan fingerprint density at radius 1 is 1.48 bits per heavy atom. The molecule has 0 fully saturated rings. The standard InChI is InChI=1S/C15H16FN3O2/c1-3-21-15(20)11-7-14(12(16)8-13(11)17)19(2)10-5-4-6-18-9-10/h4-9H,3,17H2,1-2H3. The molecular formula is C15H16FN3O2. The van der Waals surface area contributed by atoms with Crippen molar-refractivity contribution >= 4 is 23.0 Å². The Balaban J connectivity index is 2.44. The molecule has 1 heterocycles. The van der Waals surface area contributed by atoms with Crippen LogP contribution in [0.3, 0.4) is 0 Å². The number of halogens is 1. The number of benzene rings is 1. The van der Waals surface area contributed by atoms with E-state index < -0.39 is 11.8 Å². The predicted octanol–water partition coefficient (Wildman–Crippen LogP) is 2.75. The van der Waals surface area contributed by atoms with Crippen molar-refractivity contribution in [1.82, 2.24) is 4.98 Å². The van der Waals surface area contributed by atoms with E-state index in [1.165, 1.54) is 6.07 Å². The maximum atomic E-state index is 14.1. The molecule has 0 amide bonds. The summed E-state index contributed by atoms with van der Waals surface area (Å²) in [7, 11) is 1.68. The molecule has 2 N–H and O–H groups in total. The van der Waals surface area contributed by atoms with E-state index in [-0.39, 0.29) is 23.5 Å². The highest BCUT2D eigenvalue weighted by Gasteiger charge is 2.18. The number of nitrogens with zero attached hydrogens (tertiary/aromatic N) is 2. The van der Waals surface area contributed by atoms with Crippen LogP contribution in [0.4, 0.5) is 21.5 Å². The Morgan fingerprint density at radius 3 is 2.86 bits per heavy atom. The molecule has 0 unspecified atom stereocenters. The van der Waals surface area contributed by atoms with Crippen molar-refractivity contribution in [3.8, 4) is 0 Å². The van der Waals surface area contributed by atoms with Gasteiger partial charge in [0, 0.05) is 18.9 Å². The number of aromatic nitrogens is 1. The number of carbonyl (C=O) groups is 1. The van der Waals surface area contributed by atoms with Crippen molar-refractivity contribution in [2.45, 2.75) is 6.92 Å². The van der Waals surface area contributed by atoms with Crippen molar-refractivity contribution in [2.24, 2.45) is 0 Å². The second-order valence-electron chi connectivity index (χ2n) is 4.38. The van der Waals surface area contributed by atoms with Gasteiger partial charge in [-0.05, 0) is 31.2 Å². The third kappa shape index (κ3) is 3.10. The highest BCUT2D eigenvalue weighted by Crippen LogP contribution is 2.29. The molecule has 6 heteroatoms. The molecule has 2 aromatic rings. The minimum absolute atomic E-state index is 0.0503. The summed E-state index contributed by atoms with van der Waals surface area (Å²) in [4.78, 5) is 17.4. The number of nitrogen functional groups attached to an aromatic ring is 1. The average molecular weight is 289 g/mol. The lowest BCUT2D eigenvalue weighted by atomic mass is 10.1. The van der Waals surface area contributed by atoms with Gasteiger partial charge in [-0.1, -0.05) is 0 Å². The van der Waals surface area contributed by atoms with Gasteiger partial charge >= 0.3 is 5.97 Å². The van der Waals surface area contributed by atoms with Gasteiger partial charge in [-0.2, -0.15) is 0 Å². The second kappa shape index (κ2) is 6.21. The fraction of sp³-hybridized carbons (Fsp3) is 0.200. The summed E-state index contributed by atoms with van der Waals surface area (Å²) in [5.41, 5.74) is 6.79. The first-order valence-electron chi connectivity index (χ1n) is 6.44. The number of ether oxygens (including phenoxy) is 1. The van der Waals surface area contributed by atoms with Crippen molar-refractivity contribution in [3.63, 3.8) is 0 Å². The largest absolute Gasteiger partial charge is 0.462 e. The van der Waals surface area contributed by atoms with Crippen LogP contribution in [0.2, 0.25) is 0 Å². The zero-order valence-electron chi connectivity index (χ0n) is 11.8. The van der Waals surface area contributed by atoms with Gasteiger partial charge < -0.3 is 15.4 Å². The first kappa shape index (κ1) is 14.8. The monoisotopic (exact) mass is 289 g/mol.